The molecule has 0 saturated carbocycles. The summed E-state index contributed by atoms with van der Waals surface area (Å²) in [7, 11) is 0. The minimum atomic E-state index is -1.11. The zero-order valence-electron chi connectivity index (χ0n) is 12.8. The second-order valence-electron chi connectivity index (χ2n) is 6.17. The predicted molar refractivity (Wildman–Crippen MR) is 79.3 cm³/mol. The van der Waals surface area contributed by atoms with Crippen LogP contribution in [0, 0.1) is 17.7 Å². The molecule has 1 aromatic carbocycles. The molecule has 0 spiro atoms. The van der Waals surface area contributed by atoms with Gasteiger partial charge in [0.25, 0.3) is 0 Å². The largest absolute Gasteiger partial charge is 0.462 e. The number of imide groups is 1. The molecule has 0 N–H and O–H groups in total. The van der Waals surface area contributed by atoms with Crippen LogP contribution in [-0.2, 0) is 23.9 Å². The number of fused-ring (bicyclic) bond motifs is 5. The number of carbonyl (C=O) groups excluding carboxylic acids is 3. The number of nitrogens with zero attached hydrogens (tertiary/aromatic N) is 1. The number of carbonyl (C=O) groups is 3. The standard InChI is InChI=1S/C17H14FNO5/c1-9(20)23-8-17-7-6-12(24-17)13-14(17)16(22)19(15(13)21)11-4-2-10(18)3-5-11/h2-7,12-14H,8H2,1H3/t12-,13-,14+,17-/m1/s1. The van der Waals surface area contributed by atoms with Crippen molar-refractivity contribution in [3.63, 3.8) is 0 Å². The molecule has 3 heterocycles. The summed E-state index contributed by atoms with van der Waals surface area (Å²) in [5, 5.41) is 0. The monoisotopic (exact) mass is 331 g/mol. The lowest BCUT2D eigenvalue weighted by molar-refractivity contribution is -0.150. The second-order valence-corrected chi connectivity index (χ2v) is 6.17. The number of amides is 2. The van der Waals surface area contributed by atoms with Crippen LogP contribution < -0.4 is 4.90 Å². The minimum absolute atomic E-state index is 0.118. The van der Waals surface area contributed by atoms with Crippen molar-refractivity contribution in [3.05, 3.63) is 42.2 Å². The maximum Gasteiger partial charge on any atom is 0.302 e. The zero-order valence-corrected chi connectivity index (χ0v) is 12.8. The maximum atomic E-state index is 13.1. The van der Waals surface area contributed by atoms with Gasteiger partial charge in [-0.2, -0.15) is 0 Å². The Morgan fingerprint density at radius 2 is 2.00 bits per heavy atom. The molecule has 4 rings (SSSR count). The van der Waals surface area contributed by atoms with E-state index in [1.54, 1.807) is 12.2 Å². The van der Waals surface area contributed by atoms with E-state index in [2.05, 4.69) is 0 Å². The van der Waals surface area contributed by atoms with E-state index < -0.39 is 41.2 Å². The number of halogens is 1. The van der Waals surface area contributed by atoms with E-state index in [9.17, 15) is 18.8 Å². The van der Waals surface area contributed by atoms with E-state index >= 15 is 0 Å². The van der Waals surface area contributed by atoms with Gasteiger partial charge in [-0.3, -0.25) is 14.4 Å². The van der Waals surface area contributed by atoms with Crippen molar-refractivity contribution in [1.82, 2.24) is 0 Å². The highest BCUT2D eigenvalue weighted by Crippen LogP contribution is 2.52. The number of esters is 1. The van der Waals surface area contributed by atoms with Crippen LogP contribution in [0.25, 0.3) is 0 Å². The van der Waals surface area contributed by atoms with Crippen LogP contribution in [0.3, 0.4) is 0 Å². The smallest absolute Gasteiger partial charge is 0.302 e. The molecule has 2 saturated heterocycles. The quantitative estimate of drug-likeness (QED) is 0.473. The third kappa shape index (κ3) is 1.94. The molecule has 0 unspecified atom stereocenters. The maximum absolute atomic E-state index is 13.1. The summed E-state index contributed by atoms with van der Waals surface area (Å²) in [6, 6.07) is 5.17. The normalized spacial score (nSPS) is 33.2. The average Bonchev–Trinajstić information content (AvgIpc) is 3.18. The Morgan fingerprint density at radius 1 is 1.29 bits per heavy atom. The van der Waals surface area contributed by atoms with Gasteiger partial charge in [0, 0.05) is 6.92 Å². The molecule has 3 aliphatic rings. The molecule has 0 aromatic heterocycles. The number of anilines is 1. The molecule has 7 heteroatoms. The first-order chi connectivity index (χ1) is 11.4. The fraction of sp³-hybridized carbons (Fsp3) is 0.353. The Morgan fingerprint density at radius 3 is 2.67 bits per heavy atom. The lowest BCUT2D eigenvalue weighted by Crippen LogP contribution is -2.44. The van der Waals surface area contributed by atoms with Crippen molar-refractivity contribution >= 4 is 23.5 Å². The molecule has 2 bridgehead atoms. The van der Waals surface area contributed by atoms with Crippen molar-refractivity contribution < 1.29 is 28.2 Å². The predicted octanol–water partition coefficient (Wildman–Crippen LogP) is 1.20. The number of benzene rings is 1. The molecule has 3 aliphatic heterocycles. The van der Waals surface area contributed by atoms with Crippen LogP contribution in [0.15, 0.2) is 36.4 Å². The lowest BCUT2D eigenvalue weighted by atomic mass is 9.77. The SMILES string of the molecule is CC(=O)OC[C@@]12C=C[C@@H](O1)[C@H]1C(=O)N(c3ccc(F)cc3)C(=O)[C@H]12. The Balaban J connectivity index is 1.69. The van der Waals surface area contributed by atoms with E-state index in [0.717, 1.165) is 4.90 Å². The topological polar surface area (TPSA) is 72.9 Å². The van der Waals surface area contributed by atoms with Crippen LogP contribution in [0.1, 0.15) is 6.92 Å². The Labute approximate surface area is 136 Å². The van der Waals surface area contributed by atoms with Crippen LogP contribution in [0.4, 0.5) is 10.1 Å². The van der Waals surface area contributed by atoms with Gasteiger partial charge in [-0.15, -0.1) is 0 Å². The molecule has 6 nitrogen and oxygen atoms in total. The highest BCUT2D eigenvalue weighted by Gasteiger charge is 2.68. The van der Waals surface area contributed by atoms with E-state index in [0.29, 0.717) is 5.69 Å². The first-order valence-electron chi connectivity index (χ1n) is 7.57. The fourth-order valence-electron chi connectivity index (χ4n) is 3.73. The average molecular weight is 331 g/mol. The van der Waals surface area contributed by atoms with Crippen LogP contribution >= 0.6 is 0 Å². The van der Waals surface area contributed by atoms with Gasteiger partial charge in [-0.1, -0.05) is 6.08 Å². The summed E-state index contributed by atoms with van der Waals surface area (Å²) in [5.41, 5.74) is -0.787. The van der Waals surface area contributed by atoms with Crippen molar-refractivity contribution in [3.8, 4) is 0 Å². The van der Waals surface area contributed by atoms with Crippen LogP contribution in [0.2, 0.25) is 0 Å². The molecule has 124 valence electrons. The lowest BCUT2D eigenvalue weighted by Gasteiger charge is -2.28. The minimum Gasteiger partial charge on any atom is -0.462 e. The van der Waals surface area contributed by atoms with E-state index in [4.69, 9.17) is 9.47 Å². The molecule has 0 aliphatic carbocycles. The number of ether oxygens (including phenoxy) is 2. The molecule has 4 atom stereocenters. The van der Waals surface area contributed by atoms with Gasteiger partial charge in [-0.25, -0.2) is 9.29 Å². The highest BCUT2D eigenvalue weighted by atomic mass is 19.1. The van der Waals surface area contributed by atoms with Crippen molar-refractivity contribution in [2.24, 2.45) is 11.8 Å². The van der Waals surface area contributed by atoms with E-state index in [1.165, 1.54) is 31.2 Å². The van der Waals surface area contributed by atoms with Crippen LogP contribution in [0.5, 0.6) is 0 Å². The number of rotatable bonds is 3. The molecule has 2 amide bonds. The Hall–Kier alpha value is -2.54. The van der Waals surface area contributed by atoms with Gasteiger partial charge in [-0.05, 0) is 30.3 Å². The third-order valence-electron chi connectivity index (χ3n) is 4.74. The first kappa shape index (κ1) is 15.0. The van der Waals surface area contributed by atoms with Gasteiger partial charge in [0.2, 0.25) is 11.8 Å². The van der Waals surface area contributed by atoms with Gasteiger partial charge >= 0.3 is 5.97 Å². The molecular weight excluding hydrogens is 317 g/mol. The summed E-state index contributed by atoms with van der Waals surface area (Å²) in [5.74, 6) is -3.13. The van der Waals surface area contributed by atoms with Crippen molar-refractivity contribution in [1.29, 1.82) is 0 Å². The van der Waals surface area contributed by atoms with E-state index in [-0.39, 0.29) is 12.5 Å². The molecule has 2 fully saturated rings. The Kier molecular flexibility index (Phi) is 3.11. The summed E-state index contributed by atoms with van der Waals surface area (Å²) < 4.78 is 24.0. The van der Waals surface area contributed by atoms with Crippen molar-refractivity contribution in [2.75, 3.05) is 11.5 Å². The van der Waals surface area contributed by atoms with Crippen molar-refractivity contribution in [2.45, 2.75) is 18.6 Å². The zero-order chi connectivity index (χ0) is 17.1. The fourth-order valence-corrected chi connectivity index (χ4v) is 3.73. The summed E-state index contributed by atoms with van der Waals surface area (Å²) in [6.45, 7) is 1.15. The van der Waals surface area contributed by atoms with Gasteiger partial charge in [0.05, 0.1) is 23.6 Å². The van der Waals surface area contributed by atoms with E-state index in [1.807, 2.05) is 0 Å². The Bertz CT molecular complexity index is 774. The summed E-state index contributed by atoms with van der Waals surface area (Å²) >= 11 is 0. The molecule has 24 heavy (non-hydrogen) atoms. The third-order valence-corrected chi connectivity index (χ3v) is 4.74. The molecule has 0 radical (unpaired) electrons. The molecular formula is C17H14FNO5. The van der Waals surface area contributed by atoms with Crippen LogP contribution in [-0.4, -0.2) is 36.1 Å². The highest BCUT2D eigenvalue weighted by molar-refractivity contribution is 6.23. The van der Waals surface area contributed by atoms with Gasteiger partial charge in [0.15, 0.2) is 0 Å². The van der Waals surface area contributed by atoms with Gasteiger partial charge in [0.1, 0.15) is 18.0 Å². The summed E-state index contributed by atoms with van der Waals surface area (Å²) in [6.07, 6.45) is 2.90. The second kappa shape index (κ2) is 4.98. The molecule has 1 aromatic rings. The first-order valence-corrected chi connectivity index (χ1v) is 7.57. The number of hydrogen-bond donors (Lipinski definition) is 0. The summed E-state index contributed by atoms with van der Waals surface area (Å²) in [4.78, 5) is 37.8. The van der Waals surface area contributed by atoms with Gasteiger partial charge < -0.3 is 9.47 Å². The number of hydrogen-bond acceptors (Lipinski definition) is 5.